The summed E-state index contributed by atoms with van der Waals surface area (Å²) in [6.07, 6.45) is 1.53. The molecule has 1 aromatic heterocycles. The molecular formula is C15H20N2O3S. The van der Waals surface area contributed by atoms with Gasteiger partial charge < -0.3 is 14.5 Å². The Morgan fingerprint density at radius 3 is 2.52 bits per heavy atom. The highest BCUT2D eigenvalue weighted by atomic mass is 32.1. The predicted octanol–water partition coefficient (Wildman–Crippen LogP) is 1.52. The largest absolute Gasteiger partial charge is 0.368 e. The Hall–Kier alpha value is -1.40. The lowest BCUT2D eigenvalue weighted by molar-refractivity contribution is -0.142. The summed E-state index contributed by atoms with van der Waals surface area (Å²) >= 11 is 1.49. The predicted molar refractivity (Wildman–Crippen MR) is 80.5 cm³/mol. The first-order valence-corrected chi connectivity index (χ1v) is 8.28. The molecule has 0 aromatic carbocycles. The average molecular weight is 308 g/mol. The molecule has 114 valence electrons. The van der Waals surface area contributed by atoms with Gasteiger partial charge in [0.1, 0.15) is 6.10 Å². The molecule has 21 heavy (non-hydrogen) atoms. The van der Waals surface area contributed by atoms with Crippen LogP contribution in [0.25, 0.3) is 0 Å². The molecule has 1 unspecified atom stereocenters. The van der Waals surface area contributed by atoms with Crippen molar-refractivity contribution in [1.82, 2.24) is 9.80 Å². The summed E-state index contributed by atoms with van der Waals surface area (Å²) in [5, 5.41) is 1.94. The molecule has 0 N–H and O–H groups in total. The van der Waals surface area contributed by atoms with Crippen LogP contribution in [-0.2, 0) is 9.53 Å². The van der Waals surface area contributed by atoms with E-state index in [1.807, 2.05) is 28.2 Å². The van der Waals surface area contributed by atoms with Crippen molar-refractivity contribution in [3.8, 4) is 0 Å². The van der Waals surface area contributed by atoms with Crippen LogP contribution in [0.15, 0.2) is 11.4 Å². The molecule has 0 aliphatic carbocycles. The molecule has 2 aliphatic heterocycles. The molecule has 0 radical (unpaired) electrons. The molecule has 1 atom stereocenters. The molecule has 2 saturated heterocycles. The zero-order chi connectivity index (χ0) is 14.8. The van der Waals surface area contributed by atoms with Gasteiger partial charge in [0, 0.05) is 32.8 Å². The van der Waals surface area contributed by atoms with Gasteiger partial charge in [0.2, 0.25) is 0 Å². The quantitative estimate of drug-likeness (QED) is 0.832. The van der Waals surface area contributed by atoms with Crippen LogP contribution in [0.5, 0.6) is 0 Å². The van der Waals surface area contributed by atoms with Crippen LogP contribution in [0.2, 0.25) is 0 Å². The summed E-state index contributed by atoms with van der Waals surface area (Å²) < 4.78 is 5.45. The molecule has 2 amide bonds. The van der Waals surface area contributed by atoms with Gasteiger partial charge in [-0.25, -0.2) is 0 Å². The Balaban J connectivity index is 1.56. The maximum atomic E-state index is 12.4. The van der Waals surface area contributed by atoms with Crippen LogP contribution in [0.1, 0.15) is 28.1 Å². The summed E-state index contributed by atoms with van der Waals surface area (Å²) in [7, 11) is 0. The first-order chi connectivity index (χ1) is 10.2. The second-order valence-electron chi connectivity index (χ2n) is 5.55. The van der Waals surface area contributed by atoms with Crippen molar-refractivity contribution < 1.29 is 14.3 Å². The zero-order valence-electron chi connectivity index (χ0n) is 12.2. The fourth-order valence-corrected chi connectivity index (χ4v) is 3.73. The van der Waals surface area contributed by atoms with Gasteiger partial charge in [0.15, 0.2) is 0 Å². The third kappa shape index (κ3) is 2.96. The van der Waals surface area contributed by atoms with E-state index in [2.05, 4.69) is 0 Å². The Morgan fingerprint density at radius 1 is 1.24 bits per heavy atom. The Labute approximate surface area is 128 Å². The molecule has 2 aliphatic rings. The van der Waals surface area contributed by atoms with Crippen molar-refractivity contribution in [2.45, 2.75) is 25.9 Å². The number of hydrogen-bond acceptors (Lipinski definition) is 4. The Morgan fingerprint density at radius 2 is 1.95 bits per heavy atom. The van der Waals surface area contributed by atoms with Crippen molar-refractivity contribution in [3.63, 3.8) is 0 Å². The number of nitrogens with zero attached hydrogens (tertiary/aromatic N) is 2. The SMILES string of the molecule is Cc1ccsc1C(=O)N1CCN(C(=O)C2CCCO2)CC1. The van der Waals surface area contributed by atoms with E-state index in [0.717, 1.165) is 23.3 Å². The van der Waals surface area contributed by atoms with Gasteiger partial charge in [-0.05, 0) is 36.8 Å². The standard InChI is InChI=1S/C15H20N2O3S/c1-11-4-10-21-13(11)15(19)17-7-5-16(6-8-17)14(18)12-3-2-9-20-12/h4,10,12H,2-3,5-9H2,1H3. The van der Waals surface area contributed by atoms with Crippen LogP contribution in [-0.4, -0.2) is 60.5 Å². The van der Waals surface area contributed by atoms with Crippen LogP contribution >= 0.6 is 11.3 Å². The van der Waals surface area contributed by atoms with Crippen molar-refractivity contribution in [2.75, 3.05) is 32.8 Å². The van der Waals surface area contributed by atoms with Gasteiger partial charge in [-0.3, -0.25) is 9.59 Å². The molecule has 5 nitrogen and oxygen atoms in total. The third-order valence-corrected chi connectivity index (χ3v) is 5.14. The smallest absolute Gasteiger partial charge is 0.264 e. The number of thiophene rings is 1. The molecule has 0 spiro atoms. The summed E-state index contributed by atoms with van der Waals surface area (Å²) in [5.74, 6) is 0.179. The highest BCUT2D eigenvalue weighted by Gasteiger charge is 2.31. The van der Waals surface area contributed by atoms with E-state index in [4.69, 9.17) is 4.74 Å². The van der Waals surface area contributed by atoms with Crippen molar-refractivity contribution in [2.24, 2.45) is 0 Å². The zero-order valence-corrected chi connectivity index (χ0v) is 13.0. The van der Waals surface area contributed by atoms with Crippen LogP contribution in [0.4, 0.5) is 0 Å². The van der Waals surface area contributed by atoms with E-state index in [0.29, 0.717) is 32.8 Å². The minimum Gasteiger partial charge on any atom is -0.368 e. The molecule has 0 bridgehead atoms. The Bertz CT molecular complexity index is 529. The van der Waals surface area contributed by atoms with Crippen LogP contribution in [0, 0.1) is 6.92 Å². The summed E-state index contributed by atoms with van der Waals surface area (Å²) in [5.41, 5.74) is 1.03. The highest BCUT2D eigenvalue weighted by Crippen LogP contribution is 2.20. The minimum atomic E-state index is -0.258. The molecule has 3 rings (SSSR count). The monoisotopic (exact) mass is 308 g/mol. The van der Waals surface area contributed by atoms with Crippen molar-refractivity contribution in [1.29, 1.82) is 0 Å². The lowest BCUT2D eigenvalue weighted by Gasteiger charge is -2.35. The van der Waals surface area contributed by atoms with Gasteiger partial charge in [0.05, 0.1) is 4.88 Å². The molecule has 1 aromatic rings. The molecule has 2 fully saturated rings. The molecule has 6 heteroatoms. The summed E-state index contributed by atoms with van der Waals surface area (Å²) in [4.78, 5) is 29.2. The molecule has 0 saturated carbocycles. The number of rotatable bonds is 2. The van der Waals surface area contributed by atoms with Crippen LogP contribution in [0.3, 0.4) is 0 Å². The number of amides is 2. The number of carbonyl (C=O) groups excluding carboxylic acids is 2. The van der Waals surface area contributed by atoms with Gasteiger partial charge in [-0.15, -0.1) is 11.3 Å². The number of carbonyl (C=O) groups is 2. The fraction of sp³-hybridized carbons (Fsp3) is 0.600. The van der Waals surface area contributed by atoms with Crippen molar-refractivity contribution in [3.05, 3.63) is 21.9 Å². The van der Waals surface area contributed by atoms with Gasteiger partial charge in [-0.1, -0.05) is 0 Å². The first kappa shape index (κ1) is 14.5. The van der Waals surface area contributed by atoms with Gasteiger partial charge in [-0.2, -0.15) is 0 Å². The second kappa shape index (κ2) is 6.15. The topological polar surface area (TPSA) is 49.9 Å². The number of hydrogen-bond donors (Lipinski definition) is 0. The summed E-state index contributed by atoms with van der Waals surface area (Å²) in [6.45, 7) is 5.07. The molecule has 3 heterocycles. The van der Waals surface area contributed by atoms with E-state index in [1.54, 1.807) is 0 Å². The number of piperazine rings is 1. The number of ether oxygens (including phenoxy) is 1. The second-order valence-corrected chi connectivity index (χ2v) is 6.47. The highest BCUT2D eigenvalue weighted by molar-refractivity contribution is 7.12. The maximum Gasteiger partial charge on any atom is 0.264 e. The fourth-order valence-electron chi connectivity index (χ4n) is 2.84. The van der Waals surface area contributed by atoms with E-state index < -0.39 is 0 Å². The van der Waals surface area contributed by atoms with E-state index in [9.17, 15) is 9.59 Å². The lowest BCUT2D eigenvalue weighted by atomic mass is 10.2. The third-order valence-electron chi connectivity index (χ3n) is 4.14. The van der Waals surface area contributed by atoms with Gasteiger partial charge in [0.25, 0.3) is 11.8 Å². The Kier molecular flexibility index (Phi) is 4.26. The van der Waals surface area contributed by atoms with E-state index in [1.165, 1.54) is 11.3 Å². The van der Waals surface area contributed by atoms with Gasteiger partial charge >= 0.3 is 0 Å². The average Bonchev–Trinajstić information content (AvgIpc) is 3.17. The number of aryl methyl sites for hydroxylation is 1. The minimum absolute atomic E-state index is 0.0896. The normalized spacial score (nSPS) is 22.6. The van der Waals surface area contributed by atoms with E-state index in [-0.39, 0.29) is 17.9 Å². The lowest BCUT2D eigenvalue weighted by Crippen LogP contribution is -2.52. The maximum absolute atomic E-state index is 12.4. The summed E-state index contributed by atoms with van der Waals surface area (Å²) in [6, 6.07) is 1.97. The molecular weight excluding hydrogens is 288 g/mol. The van der Waals surface area contributed by atoms with E-state index >= 15 is 0 Å². The first-order valence-electron chi connectivity index (χ1n) is 7.40. The van der Waals surface area contributed by atoms with Crippen LogP contribution < -0.4 is 0 Å². The van der Waals surface area contributed by atoms with Crippen molar-refractivity contribution >= 4 is 23.2 Å².